The summed E-state index contributed by atoms with van der Waals surface area (Å²) < 4.78 is 4.84. The Morgan fingerprint density at radius 2 is 2.20 bits per heavy atom. The van der Waals surface area contributed by atoms with E-state index in [4.69, 9.17) is 4.42 Å². The topological polar surface area (TPSA) is 114 Å². The number of hydrogen-bond acceptors (Lipinski definition) is 5. The molecule has 0 spiro atoms. The molecule has 8 heteroatoms. The van der Waals surface area contributed by atoms with Gasteiger partial charge in [0.15, 0.2) is 0 Å². The molecular formula is C12H13N3O5. The van der Waals surface area contributed by atoms with Crippen molar-refractivity contribution in [2.45, 2.75) is 18.9 Å². The summed E-state index contributed by atoms with van der Waals surface area (Å²) in [6.07, 6.45) is 4.40. The largest absolute Gasteiger partial charge is 0.433 e. The molecule has 1 heterocycles. The Morgan fingerprint density at radius 3 is 2.80 bits per heavy atom. The number of amides is 2. The molecule has 1 saturated carbocycles. The molecule has 0 radical (unpaired) electrons. The molecule has 2 rings (SSSR count). The summed E-state index contributed by atoms with van der Waals surface area (Å²) in [6, 6.07) is 2.82. The van der Waals surface area contributed by atoms with Gasteiger partial charge in [0.25, 0.3) is 0 Å². The Labute approximate surface area is 114 Å². The van der Waals surface area contributed by atoms with Crippen LogP contribution >= 0.6 is 0 Å². The zero-order valence-electron chi connectivity index (χ0n) is 10.5. The van der Waals surface area contributed by atoms with Gasteiger partial charge in [0, 0.05) is 12.1 Å². The van der Waals surface area contributed by atoms with E-state index in [1.807, 2.05) is 0 Å². The molecule has 0 saturated heterocycles. The fraction of sp³-hybridized carbons (Fsp3) is 0.333. The summed E-state index contributed by atoms with van der Waals surface area (Å²) in [6.45, 7) is -0.0992. The van der Waals surface area contributed by atoms with Crippen molar-refractivity contribution in [3.05, 3.63) is 34.1 Å². The van der Waals surface area contributed by atoms with Crippen molar-refractivity contribution in [1.82, 2.24) is 10.6 Å². The lowest BCUT2D eigenvalue weighted by atomic mass is 10.4. The fourth-order valence-electron chi connectivity index (χ4n) is 1.42. The second kappa shape index (κ2) is 6.00. The number of nitrogens with zero attached hydrogens (tertiary/aromatic N) is 1. The first kappa shape index (κ1) is 13.8. The van der Waals surface area contributed by atoms with Crippen LogP contribution in [0.5, 0.6) is 0 Å². The second-order valence-electron chi connectivity index (χ2n) is 4.33. The summed E-state index contributed by atoms with van der Waals surface area (Å²) in [5.41, 5.74) is 0. The van der Waals surface area contributed by atoms with Crippen molar-refractivity contribution in [2.24, 2.45) is 0 Å². The van der Waals surface area contributed by atoms with Crippen LogP contribution in [0.3, 0.4) is 0 Å². The standard InChI is InChI=1S/C12H13N3O5/c16-10(13-7-11(17)14-8-1-2-8)5-3-9-4-6-12(20-9)15(18)19/h3-6,8H,1-2,7H2,(H,13,16)(H,14,17)/b5-3+. The van der Waals surface area contributed by atoms with Crippen LogP contribution < -0.4 is 10.6 Å². The summed E-state index contributed by atoms with van der Waals surface area (Å²) in [5, 5.41) is 15.5. The molecule has 2 N–H and O–H groups in total. The van der Waals surface area contributed by atoms with Crippen molar-refractivity contribution in [2.75, 3.05) is 6.54 Å². The van der Waals surface area contributed by atoms with Gasteiger partial charge in [-0.05, 0) is 25.0 Å². The van der Waals surface area contributed by atoms with E-state index in [9.17, 15) is 19.7 Å². The number of hydrogen-bond donors (Lipinski definition) is 2. The summed E-state index contributed by atoms with van der Waals surface area (Å²) >= 11 is 0. The minimum atomic E-state index is -0.667. The van der Waals surface area contributed by atoms with E-state index in [0.717, 1.165) is 18.9 Å². The van der Waals surface area contributed by atoms with Gasteiger partial charge in [0.2, 0.25) is 11.8 Å². The lowest BCUT2D eigenvalue weighted by molar-refractivity contribution is -0.402. The van der Waals surface area contributed by atoms with Gasteiger partial charge in [0.05, 0.1) is 12.6 Å². The summed E-state index contributed by atoms with van der Waals surface area (Å²) in [5.74, 6) is -0.916. The number of nitrogens with one attached hydrogen (secondary N) is 2. The quantitative estimate of drug-likeness (QED) is 0.449. The van der Waals surface area contributed by atoms with E-state index >= 15 is 0 Å². The van der Waals surface area contributed by atoms with Crippen LogP contribution in [0.25, 0.3) is 6.08 Å². The predicted molar refractivity (Wildman–Crippen MR) is 68.6 cm³/mol. The zero-order valence-corrected chi connectivity index (χ0v) is 10.5. The Kier molecular flexibility index (Phi) is 4.14. The van der Waals surface area contributed by atoms with Crippen LogP contribution in [0, 0.1) is 10.1 Å². The average molecular weight is 279 g/mol. The van der Waals surface area contributed by atoms with Crippen LogP contribution in [0.15, 0.2) is 22.6 Å². The molecular weight excluding hydrogens is 266 g/mol. The summed E-state index contributed by atoms with van der Waals surface area (Å²) in [7, 11) is 0. The van der Waals surface area contributed by atoms with E-state index in [2.05, 4.69) is 10.6 Å². The van der Waals surface area contributed by atoms with Gasteiger partial charge >= 0.3 is 5.88 Å². The Balaban J connectivity index is 1.76. The third kappa shape index (κ3) is 4.23. The van der Waals surface area contributed by atoms with Gasteiger partial charge < -0.3 is 15.1 Å². The molecule has 0 bridgehead atoms. The van der Waals surface area contributed by atoms with Gasteiger partial charge in [-0.15, -0.1) is 0 Å². The summed E-state index contributed by atoms with van der Waals surface area (Å²) in [4.78, 5) is 32.4. The van der Waals surface area contributed by atoms with Gasteiger partial charge in [-0.2, -0.15) is 0 Å². The van der Waals surface area contributed by atoms with Crippen LogP contribution in [-0.4, -0.2) is 29.3 Å². The predicted octanol–water partition coefficient (Wildman–Crippen LogP) is 0.596. The van der Waals surface area contributed by atoms with Crippen molar-refractivity contribution in [1.29, 1.82) is 0 Å². The SMILES string of the molecule is O=C(/C=C/c1ccc([N+](=O)[O-])o1)NCC(=O)NC1CC1. The maximum atomic E-state index is 11.4. The van der Waals surface area contributed by atoms with E-state index in [1.54, 1.807) is 0 Å². The van der Waals surface area contributed by atoms with Gasteiger partial charge in [-0.25, -0.2) is 0 Å². The molecule has 2 amide bonds. The number of carbonyl (C=O) groups is 2. The molecule has 1 aromatic rings. The Bertz CT molecular complexity index is 559. The third-order valence-electron chi connectivity index (χ3n) is 2.56. The molecule has 20 heavy (non-hydrogen) atoms. The second-order valence-corrected chi connectivity index (χ2v) is 4.33. The first-order valence-electron chi connectivity index (χ1n) is 6.04. The monoisotopic (exact) mass is 279 g/mol. The molecule has 0 aliphatic heterocycles. The highest BCUT2D eigenvalue weighted by Gasteiger charge is 2.22. The normalized spacial score (nSPS) is 14.2. The molecule has 1 aliphatic carbocycles. The number of rotatable bonds is 6. The van der Waals surface area contributed by atoms with Crippen LogP contribution in [0.4, 0.5) is 5.88 Å². The van der Waals surface area contributed by atoms with E-state index in [1.165, 1.54) is 18.2 Å². The highest BCUT2D eigenvalue weighted by atomic mass is 16.6. The van der Waals surface area contributed by atoms with Crippen molar-refractivity contribution < 1.29 is 18.9 Å². The Hall–Kier alpha value is -2.64. The number of carbonyl (C=O) groups excluding carboxylic acids is 2. The maximum absolute atomic E-state index is 11.4. The first-order valence-corrected chi connectivity index (χ1v) is 6.04. The fourth-order valence-corrected chi connectivity index (χ4v) is 1.42. The molecule has 8 nitrogen and oxygen atoms in total. The maximum Gasteiger partial charge on any atom is 0.433 e. The van der Waals surface area contributed by atoms with Gasteiger partial charge in [0.1, 0.15) is 10.7 Å². The van der Waals surface area contributed by atoms with Crippen molar-refractivity contribution >= 4 is 23.8 Å². The number of furan rings is 1. The minimum Gasteiger partial charge on any atom is -0.401 e. The highest BCUT2D eigenvalue weighted by molar-refractivity contribution is 5.94. The Morgan fingerprint density at radius 1 is 1.45 bits per heavy atom. The lowest BCUT2D eigenvalue weighted by Crippen LogP contribution is -2.37. The van der Waals surface area contributed by atoms with Crippen LogP contribution in [-0.2, 0) is 9.59 Å². The number of nitro groups is 1. The van der Waals surface area contributed by atoms with Crippen LogP contribution in [0.1, 0.15) is 18.6 Å². The third-order valence-corrected chi connectivity index (χ3v) is 2.56. The average Bonchev–Trinajstić information content (AvgIpc) is 3.07. The molecule has 1 aliphatic rings. The van der Waals surface area contributed by atoms with Crippen molar-refractivity contribution in [3.63, 3.8) is 0 Å². The molecule has 1 fully saturated rings. The molecule has 0 atom stereocenters. The minimum absolute atomic E-state index is 0.0992. The lowest BCUT2D eigenvalue weighted by Gasteiger charge is -2.03. The van der Waals surface area contributed by atoms with Crippen molar-refractivity contribution in [3.8, 4) is 0 Å². The van der Waals surface area contributed by atoms with Crippen LogP contribution in [0.2, 0.25) is 0 Å². The van der Waals surface area contributed by atoms with E-state index in [-0.39, 0.29) is 24.3 Å². The smallest absolute Gasteiger partial charge is 0.401 e. The van der Waals surface area contributed by atoms with Gasteiger partial charge in [-0.3, -0.25) is 19.7 Å². The molecule has 0 unspecified atom stereocenters. The zero-order chi connectivity index (χ0) is 14.5. The molecule has 106 valence electrons. The first-order chi connectivity index (χ1) is 9.54. The molecule has 0 aromatic carbocycles. The van der Waals surface area contributed by atoms with Gasteiger partial charge in [-0.1, -0.05) is 0 Å². The highest BCUT2D eigenvalue weighted by Crippen LogP contribution is 2.18. The van der Waals surface area contributed by atoms with E-state index < -0.39 is 16.7 Å². The van der Waals surface area contributed by atoms with E-state index in [0.29, 0.717) is 0 Å². The molecule has 1 aromatic heterocycles.